The second-order valence-corrected chi connectivity index (χ2v) is 7.50. The number of fused-ring (bicyclic) bond motifs is 2. The van der Waals surface area contributed by atoms with Gasteiger partial charge in [0, 0.05) is 49.9 Å². The van der Waals surface area contributed by atoms with Crippen molar-refractivity contribution in [2.45, 2.75) is 39.0 Å². The fraction of sp³-hybridized carbons (Fsp3) is 0.526. The highest BCUT2D eigenvalue weighted by Gasteiger charge is 2.29. The van der Waals surface area contributed by atoms with Crippen LogP contribution >= 0.6 is 0 Å². The predicted octanol–water partition coefficient (Wildman–Crippen LogP) is 1.65. The maximum atomic E-state index is 13.1. The lowest BCUT2D eigenvalue weighted by Gasteiger charge is -2.35. The van der Waals surface area contributed by atoms with Gasteiger partial charge in [0.05, 0.1) is 0 Å². The number of aryl methyl sites for hydroxylation is 2. The normalized spacial score (nSPS) is 17.6. The molecule has 4 heterocycles. The maximum Gasteiger partial charge on any atom is 0.276 e. The monoisotopic (exact) mass is 381 g/mol. The van der Waals surface area contributed by atoms with Gasteiger partial charge in [-0.15, -0.1) is 0 Å². The van der Waals surface area contributed by atoms with Gasteiger partial charge in [0.1, 0.15) is 17.9 Å². The van der Waals surface area contributed by atoms with Crippen molar-refractivity contribution in [2.75, 3.05) is 31.1 Å². The summed E-state index contributed by atoms with van der Waals surface area (Å²) in [5.41, 5.74) is 2.45. The van der Waals surface area contributed by atoms with E-state index >= 15 is 0 Å². The summed E-state index contributed by atoms with van der Waals surface area (Å²) in [5, 5.41) is 8.41. The minimum absolute atomic E-state index is 0.0108. The summed E-state index contributed by atoms with van der Waals surface area (Å²) in [4.78, 5) is 25.8. The van der Waals surface area contributed by atoms with Gasteiger partial charge in [-0.1, -0.05) is 11.6 Å². The number of carbonyl (C=O) groups is 1. The lowest BCUT2D eigenvalue weighted by molar-refractivity contribution is 0.0735. The van der Waals surface area contributed by atoms with Gasteiger partial charge in [-0.3, -0.25) is 4.79 Å². The van der Waals surface area contributed by atoms with Crippen LogP contribution < -0.4 is 4.90 Å². The van der Waals surface area contributed by atoms with Crippen molar-refractivity contribution in [1.82, 2.24) is 29.6 Å². The number of aromatic nitrogens is 5. The van der Waals surface area contributed by atoms with Crippen LogP contribution in [0.15, 0.2) is 16.9 Å². The predicted molar refractivity (Wildman–Crippen MR) is 101 cm³/mol. The Morgan fingerprint density at radius 1 is 1.11 bits per heavy atom. The molecule has 5 rings (SSSR count). The number of nitrogens with zero attached hydrogens (tertiary/aromatic N) is 7. The van der Waals surface area contributed by atoms with Crippen LogP contribution in [0.4, 0.5) is 5.82 Å². The molecule has 2 aliphatic rings. The Bertz CT molecular complexity index is 1020. The third kappa shape index (κ3) is 2.90. The number of anilines is 1. The van der Waals surface area contributed by atoms with Gasteiger partial charge in [0.15, 0.2) is 5.69 Å². The molecule has 1 aliphatic heterocycles. The number of hydrogen-bond acceptors (Lipinski definition) is 7. The highest BCUT2D eigenvalue weighted by molar-refractivity contribution is 5.94. The average molecular weight is 381 g/mol. The minimum Gasteiger partial charge on any atom is -0.360 e. The summed E-state index contributed by atoms with van der Waals surface area (Å²) in [6.45, 7) is 4.68. The molecule has 28 heavy (non-hydrogen) atoms. The first kappa shape index (κ1) is 17.2. The van der Waals surface area contributed by atoms with Crippen molar-refractivity contribution in [3.63, 3.8) is 0 Å². The molecule has 0 N–H and O–H groups in total. The van der Waals surface area contributed by atoms with Crippen LogP contribution in [0.5, 0.6) is 0 Å². The molecule has 3 aromatic rings. The molecular weight excluding hydrogens is 358 g/mol. The topological polar surface area (TPSA) is 92.7 Å². The Hall–Kier alpha value is -2.97. The molecule has 0 saturated carbocycles. The largest absolute Gasteiger partial charge is 0.360 e. The third-order valence-electron chi connectivity index (χ3n) is 5.65. The van der Waals surface area contributed by atoms with Gasteiger partial charge in [0.25, 0.3) is 11.7 Å². The molecule has 1 saturated heterocycles. The zero-order chi connectivity index (χ0) is 19.1. The second kappa shape index (κ2) is 6.88. The molecule has 0 aromatic carbocycles. The lowest BCUT2D eigenvalue weighted by Crippen LogP contribution is -2.49. The zero-order valence-corrected chi connectivity index (χ0v) is 16.0. The molecule has 0 spiro atoms. The van der Waals surface area contributed by atoms with Crippen LogP contribution in [0.2, 0.25) is 0 Å². The van der Waals surface area contributed by atoms with Crippen molar-refractivity contribution < 1.29 is 9.32 Å². The fourth-order valence-electron chi connectivity index (χ4n) is 4.15. The van der Waals surface area contributed by atoms with E-state index in [-0.39, 0.29) is 5.91 Å². The first-order chi connectivity index (χ1) is 13.7. The molecule has 9 nitrogen and oxygen atoms in total. The number of rotatable bonds is 2. The van der Waals surface area contributed by atoms with E-state index in [9.17, 15) is 4.79 Å². The summed E-state index contributed by atoms with van der Waals surface area (Å²) in [6, 6.07) is 2.01. The highest BCUT2D eigenvalue weighted by atomic mass is 16.5. The van der Waals surface area contributed by atoms with Crippen molar-refractivity contribution in [3.8, 4) is 0 Å². The lowest BCUT2D eigenvalue weighted by atomic mass is 10.1. The summed E-state index contributed by atoms with van der Waals surface area (Å²) in [5.74, 6) is 2.45. The molecular formula is C19H23N7O2. The van der Waals surface area contributed by atoms with Crippen LogP contribution in [0, 0.1) is 6.92 Å². The van der Waals surface area contributed by atoms with Crippen LogP contribution in [-0.4, -0.2) is 61.7 Å². The Morgan fingerprint density at radius 3 is 2.79 bits per heavy atom. The van der Waals surface area contributed by atoms with E-state index in [2.05, 4.69) is 25.1 Å². The smallest absolute Gasteiger partial charge is 0.276 e. The van der Waals surface area contributed by atoms with E-state index in [0.29, 0.717) is 24.6 Å². The Labute approximate surface area is 162 Å². The SMILES string of the molecule is Cc1cc(N2CCN(C(=O)c3noc4c3CCCCC4)CC2)n2ncnc2n1. The molecule has 0 bridgehead atoms. The van der Waals surface area contributed by atoms with E-state index in [1.807, 2.05) is 17.9 Å². The molecule has 0 unspecified atom stereocenters. The first-order valence-corrected chi connectivity index (χ1v) is 9.90. The van der Waals surface area contributed by atoms with E-state index in [1.165, 1.54) is 12.7 Å². The van der Waals surface area contributed by atoms with E-state index in [0.717, 1.165) is 61.6 Å². The first-order valence-electron chi connectivity index (χ1n) is 9.90. The molecule has 1 aliphatic carbocycles. The van der Waals surface area contributed by atoms with Crippen molar-refractivity contribution in [2.24, 2.45) is 0 Å². The number of carbonyl (C=O) groups excluding carboxylic acids is 1. The van der Waals surface area contributed by atoms with Gasteiger partial charge in [0.2, 0.25) is 0 Å². The van der Waals surface area contributed by atoms with Gasteiger partial charge >= 0.3 is 0 Å². The average Bonchev–Trinajstić information content (AvgIpc) is 3.27. The van der Waals surface area contributed by atoms with E-state index in [1.54, 1.807) is 4.52 Å². The minimum atomic E-state index is -0.0108. The Balaban J connectivity index is 1.33. The van der Waals surface area contributed by atoms with Crippen LogP contribution in [0.25, 0.3) is 5.78 Å². The number of amides is 1. The summed E-state index contributed by atoms with van der Waals surface area (Å²) < 4.78 is 7.24. The molecule has 3 aromatic heterocycles. The maximum absolute atomic E-state index is 13.1. The number of hydrogen-bond donors (Lipinski definition) is 0. The second-order valence-electron chi connectivity index (χ2n) is 7.50. The quantitative estimate of drug-likeness (QED) is 0.623. The molecule has 146 valence electrons. The van der Waals surface area contributed by atoms with E-state index < -0.39 is 0 Å². The molecule has 0 atom stereocenters. The van der Waals surface area contributed by atoms with Crippen molar-refractivity contribution >= 4 is 17.5 Å². The van der Waals surface area contributed by atoms with Crippen LogP contribution in [-0.2, 0) is 12.8 Å². The summed E-state index contributed by atoms with van der Waals surface area (Å²) >= 11 is 0. The van der Waals surface area contributed by atoms with Crippen LogP contribution in [0.1, 0.15) is 46.8 Å². The van der Waals surface area contributed by atoms with E-state index in [4.69, 9.17) is 4.52 Å². The summed E-state index contributed by atoms with van der Waals surface area (Å²) in [7, 11) is 0. The van der Waals surface area contributed by atoms with Gasteiger partial charge in [-0.25, -0.2) is 4.98 Å². The van der Waals surface area contributed by atoms with Crippen molar-refractivity contribution in [3.05, 3.63) is 35.1 Å². The molecule has 1 fully saturated rings. The van der Waals surface area contributed by atoms with Gasteiger partial charge < -0.3 is 14.3 Å². The zero-order valence-electron chi connectivity index (χ0n) is 16.0. The molecule has 9 heteroatoms. The Morgan fingerprint density at radius 2 is 1.93 bits per heavy atom. The van der Waals surface area contributed by atoms with Crippen molar-refractivity contribution in [1.29, 1.82) is 0 Å². The fourth-order valence-corrected chi connectivity index (χ4v) is 4.15. The summed E-state index contributed by atoms with van der Waals surface area (Å²) in [6.07, 6.45) is 6.67. The Kier molecular flexibility index (Phi) is 4.22. The van der Waals surface area contributed by atoms with Crippen LogP contribution in [0.3, 0.4) is 0 Å². The number of piperazine rings is 1. The highest BCUT2D eigenvalue weighted by Crippen LogP contribution is 2.25. The molecule has 0 radical (unpaired) electrons. The van der Waals surface area contributed by atoms with Gasteiger partial charge in [-0.05, 0) is 26.2 Å². The third-order valence-corrected chi connectivity index (χ3v) is 5.65. The molecule has 1 amide bonds. The standard InChI is InChI=1S/C19H23N7O2/c1-13-11-16(26-19(22-13)20-12-21-26)24-7-9-25(10-8-24)18(27)17-14-5-3-2-4-6-15(14)28-23-17/h11-12H,2-10H2,1H3. The van der Waals surface area contributed by atoms with Gasteiger partial charge in [-0.2, -0.15) is 14.6 Å².